The van der Waals surface area contributed by atoms with Gasteiger partial charge in [0.2, 0.25) is 0 Å². The molecule has 0 aliphatic heterocycles. The summed E-state index contributed by atoms with van der Waals surface area (Å²) in [5.74, 6) is 0.130. The Hall–Kier alpha value is -0.550. The van der Waals surface area contributed by atoms with E-state index >= 15 is 0 Å². The summed E-state index contributed by atoms with van der Waals surface area (Å²) >= 11 is 6.29. The topological polar surface area (TPSA) is 52.8 Å². The zero-order chi connectivity index (χ0) is 9.14. The maximum absolute atomic E-state index is 9.30. The van der Waals surface area contributed by atoms with E-state index in [0.29, 0.717) is 14.5 Å². The zero-order valence-electron chi connectivity index (χ0n) is 5.83. The summed E-state index contributed by atoms with van der Waals surface area (Å²) in [7, 11) is 0. The second-order valence-electron chi connectivity index (χ2n) is 2.08. The van der Waals surface area contributed by atoms with E-state index in [2.05, 4.69) is 37.0 Å². The van der Waals surface area contributed by atoms with Gasteiger partial charge in [0.05, 0.1) is 15.2 Å². The molecule has 2 N–H and O–H groups in total. The predicted octanol–water partition coefficient (Wildman–Crippen LogP) is 2.73. The molecule has 0 fully saturated rings. The summed E-state index contributed by atoms with van der Waals surface area (Å²) in [6.45, 7) is 0. The van der Waals surface area contributed by atoms with E-state index in [1.807, 2.05) is 0 Å². The lowest BCUT2D eigenvalue weighted by Gasteiger charge is -2.00. The van der Waals surface area contributed by atoms with Gasteiger partial charge in [-0.2, -0.15) is 0 Å². The minimum absolute atomic E-state index is 0.130. The Morgan fingerprint density at radius 3 is 2.17 bits per heavy atom. The van der Waals surface area contributed by atoms with Crippen molar-refractivity contribution < 1.29 is 10.3 Å². The predicted molar refractivity (Wildman–Crippen MR) is 52.9 cm³/mol. The van der Waals surface area contributed by atoms with Crippen molar-refractivity contribution in [2.45, 2.75) is 0 Å². The van der Waals surface area contributed by atoms with Gasteiger partial charge in [0.15, 0.2) is 0 Å². The first kappa shape index (κ1) is 9.54. The molecule has 3 nitrogen and oxygen atoms in total. The molecule has 0 aromatic heterocycles. The highest BCUT2D eigenvalue weighted by atomic mass is 79.9. The van der Waals surface area contributed by atoms with Crippen LogP contribution in [0.25, 0.3) is 0 Å². The van der Waals surface area contributed by atoms with Crippen molar-refractivity contribution in [3.8, 4) is 5.75 Å². The Kier molecular flexibility index (Phi) is 3.11. The maximum Gasteiger partial charge on any atom is 0.143 e. The highest BCUT2D eigenvalue weighted by molar-refractivity contribution is 9.11. The van der Waals surface area contributed by atoms with Crippen molar-refractivity contribution in [3.05, 3.63) is 26.6 Å². The fourth-order valence-corrected chi connectivity index (χ4v) is 1.95. The zero-order valence-corrected chi connectivity index (χ0v) is 9.00. The van der Waals surface area contributed by atoms with Crippen molar-refractivity contribution in [1.29, 1.82) is 0 Å². The van der Waals surface area contributed by atoms with Gasteiger partial charge in [0.1, 0.15) is 5.75 Å². The Balaban J connectivity index is 3.21. The van der Waals surface area contributed by atoms with Gasteiger partial charge in [-0.05, 0) is 49.6 Å². The number of phenolic OH excluding ortho intramolecular Hbond substituents is 1. The molecular weight excluding hydrogens is 290 g/mol. The van der Waals surface area contributed by atoms with E-state index in [-0.39, 0.29) is 5.75 Å². The van der Waals surface area contributed by atoms with Gasteiger partial charge < -0.3 is 10.3 Å². The number of phenols is 1. The van der Waals surface area contributed by atoms with E-state index in [0.717, 1.165) is 0 Å². The molecule has 0 spiro atoms. The van der Waals surface area contributed by atoms with Crippen LogP contribution in [0.5, 0.6) is 5.75 Å². The van der Waals surface area contributed by atoms with Gasteiger partial charge in [-0.15, -0.1) is 0 Å². The summed E-state index contributed by atoms with van der Waals surface area (Å²) < 4.78 is 1.10. The Morgan fingerprint density at radius 1 is 1.25 bits per heavy atom. The van der Waals surface area contributed by atoms with Gasteiger partial charge in [-0.3, -0.25) is 0 Å². The summed E-state index contributed by atoms with van der Waals surface area (Å²) in [6.07, 6.45) is 1.27. The lowest BCUT2D eigenvalue weighted by Crippen LogP contribution is -1.82. The van der Waals surface area contributed by atoms with Crippen molar-refractivity contribution in [1.82, 2.24) is 0 Å². The van der Waals surface area contributed by atoms with Crippen molar-refractivity contribution in [2.24, 2.45) is 5.16 Å². The van der Waals surface area contributed by atoms with Crippen LogP contribution in [0.15, 0.2) is 26.2 Å². The average molecular weight is 295 g/mol. The standard InChI is InChI=1S/C7H5Br2NO2/c8-5-1-4(3-10-12)2-6(9)7(5)11/h1-3,11-12H/b10-3-. The SMILES string of the molecule is O/N=C\c1cc(Br)c(O)c(Br)c1. The van der Waals surface area contributed by atoms with E-state index in [4.69, 9.17) is 5.21 Å². The Morgan fingerprint density at radius 2 is 1.75 bits per heavy atom. The first-order valence-corrected chi connectivity index (χ1v) is 4.59. The third-order valence-electron chi connectivity index (χ3n) is 1.25. The minimum Gasteiger partial charge on any atom is -0.506 e. The first-order chi connectivity index (χ1) is 5.65. The van der Waals surface area contributed by atoms with E-state index in [1.54, 1.807) is 12.1 Å². The number of nitrogens with zero attached hydrogens (tertiary/aromatic N) is 1. The summed E-state index contributed by atoms with van der Waals surface area (Å²) in [5, 5.41) is 20.4. The van der Waals surface area contributed by atoms with Crippen molar-refractivity contribution in [3.63, 3.8) is 0 Å². The number of hydrogen-bond acceptors (Lipinski definition) is 3. The average Bonchev–Trinajstić information content (AvgIpc) is 2.01. The van der Waals surface area contributed by atoms with Crippen LogP contribution in [0.1, 0.15) is 5.56 Å². The van der Waals surface area contributed by atoms with Gasteiger partial charge in [0.25, 0.3) is 0 Å². The summed E-state index contributed by atoms with van der Waals surface area (Å²) in [6, 6.07) is 3.28. The van der Waals surface area contributed by atoms with Crippen LogP contribution >= 0.6 is 31.9 Å². The monoisotopic (exact) mass is 293 g/mol. The smallest absolute Gasteiger partial charge is 0.143 e. The third-order valence-corrected chi connectivity index (χ3v) is 2.46. The number of aromatic hydroxyl groups is 1. The van der Waals surface area contributed by atoms with Crippen LogP contribution in [-0.4, -0.2) is 16.5 Å². The van der Waals surface area contributed by atoms with Crippen LogP contribution < -0.4 is 0 Å². The molecule has 0 amide bonds. The van der Waals surface area contributed by atoms with Gasteiger partial charge in [0, 0.05) is 0 Å². The second kappa shape index (κ2) is 3.91. The van der Waals surface area contributed by atoms with Crippen LogP contribution in [0.3, 0.4) is 0 Å². The highest BCUT2D eigenvalue weighted by Gasteiger charge is 2.03. The molecular formula is C7H5Br2NO2. The Labute approximate surface area is 86.0 Å². The molecule has 1 aromatic carbocycles. The molecule has 0 heterocycles. The molecule has 0 bridgehead atoms. The number of rotatable bonds is 1. The van der Waals surface area contributed by atoms with E-state index < -0.39 is 0 Å². The molecule has 0 unspecified atom stereocenters. The van der Waals surface area contributed by atoms with E-state index in [1.165, 1.54) is 6.21 Å². The number of hydrogen-bond donors (Lipinski definition) is 2. The Bertz CT molecular complexity index is 302. The lowest BCUT2D eigenvalue weighted by molar-refractivity contribution is 0.322. The van der Waals surface area contributed by atoms with Crippen molar-refractivity contribution in [2.75, 3.05) is 0 Å². The van der Waals surface area contributed by atoms with Crippen LogP contribution in [0.4, 0.5) is 0 Å². The molecule has 0 aliphatic carbocycles. The van der Waals surface area contributed by atoms with Gasteiger partial charge >= 0.3 is 0 Å². The largest absolute Gasteiger partial charge is 0.506 e. The molecule has 5 heteroatoms. The molecule has 0 atom stereocenters. The van der Waals surface area contributed by atoms with Crippen LogP contribution in [-0.2, 0) is 0 Å². The minimum atomic E-state index is 0.130. The third kappa shape index (κ3) is 1.98. The molecule has 0 aliphatic rings. The lowest BCUT2D eigenvalue weighted by atomic mass is 10.2. The molecule has 12 heavy (non-hydrogen) atoms. The summed E-state index contributed by atoms with van der Waals surface area (Å²) in [5.41, 5.74) is 0.689. The quantitative estimate of drug-likeness (QED) is 0.475. The molecule has 0 radical (unpaired) electrons. The van der Waals surface area contributed by atoms with Gasteiger partial charge in [-0.1, -0.05) is 5.16 Å². The molecule has 0 saturated carbocycles. The molecule has 1 rings (SSSR count). The maximum atomic E-state index is 9.30. The first-order valence-electron chi connectivity index (χ1n) is 3.00. The normalized spacial score (nSPS) is 10.8. The number of halogens is 2. The van der Waals surface area contributed by atoms with E-state index in [9.17, 15) is 5.11 Å². The van der Waals surface area contributed by atoms with Crippen LogP contribution in [0.2, 0.25) is 0 Å². The molecule has 64 valence electrons. The van der Waals surface area contributed by atoms with Crippen LogP contribution in [0, 0.1) is 0 Å². The molecule has 0 saturated heterocycles. The van der Waals surface area contributed by atoms with Gasteiger partial charge in [-0.25, -0.2) is 0 Å². The number of oxime groups is 1. The highest BCUT2D eigenvalue weighted by Crippen LogP contribution is 2.32. The molecule has 1 aromatic rings. The fraction of sp³-hybridized carbons (Fsp3) is 0. The van der Waals surface area contributed by atoms with Crippen molar-refractivity contribution >= 4 is 38.1 Å². The number of benzene rings is 1. The summed E-state index contributed by atoms with van der Waals surface area (Å²) in [4.78, 5) is 0. The second-order valence-corrected chi connectivity index (χ2v) is 3.79. The fourth-order valence-electron chi connectivity index (χ4n) is 0.726.